The third-order valence-corrected chi connectivity index (χ3v) is 5.59. The summed E-state index contributed by atoms with van der Waals surface area (Å²) in [5, 5.41) is 10.8. The fourth-order valence-electron chi connectivity index (χ4n) is 3.16. The van der Waals surface area contributed by atoms with E-state index in [-0.39, 0.29) is 5.41 Å². The largest absolute Gasteiger partial charge is 0.347 e. The Bertz CT molecular complexity index is 691. The number of nitrogens with zero attached hydrogens (tertiary/aromatic N) is 4. The topological polar surface area (TPSA) is 52.8 Å². The minimum atomic E-state index is -0.345. The molecule has 1 aromatic carbocycles. The molecule has 0 radical (unpaired) electrons. The van der Waals surface area contributed by atoms with E-state index in [9.17, 15) is 5.26 Å². The van der Waals surface area contributed by atoms with Crippen LogP contribution in [0.2, 0.25) is 0 Å². The molecule has 2 fully saturated rings. The van der Waals surface area contributed by atoms with Crippen molar-refractivity contribution in [1.82, 2.24) is 9.36 Å². The van der Waals surface area contributed by atoms with Crippen LogP contribution in [-0.2, 0) is 5.41 Å². The number of piperidine rings is 1. The number of anilines is 1. The maximum absolute atomic E-state index is 9.74. The van der Waals surface area contributed by atoms with Crippen LogP contribution in [0.15, 0.2) is 30.3 Å². The Kier molecular flexibility index (Phi) is 3.34. The van der Waals surface area contributed by atoms with Crippen molar-refractivity contribution in [3.05, 3.63) is 41.7 Å². The van der Waals surface area contributed by atoms with Gasteiger partial charge in [-0.1, -0.05) is 30.3 Å². The van der Waals surface area contributed by atoms with Crippen LogP contribution in [0.3, 0.4) is 0 Å². The van der Waals surface area contributed by atoms with Gasteiger partial charge in [-0.2, -0.15) is 9.64 Å². The summed E-state index contributed by atoms with van der Waals surface area (Å²) >= 11 is 1.51. The zero-order chi connectivity index (χ0) is 15.0. The molecule has 4 rings (SSSR count). The van der Waals surface area contributed by atoms with Gasteiger partial charge >= 0.3 is 0 Å². The second kappa shape index (κ2) is 5.36. The molecular weight excluding hydrogens is 292 g/mol. The van der Waals surface area contributed by atoms with Crippen molar-refractivity contribution in [3.63, 3.8) is 0 Å². The van der Waals surface area contributed by atoms with Crippen LogP contribution in [0.1, 0.15) is 43.0 Å². The van der Waals surface area contributed by atoms with Gasteiger partial charge in [0.25, 0.3) is 0 Å². The van der Waals surface area contributed by atoms with Crippen LogP contribution in [-0.4, -0.2) is 22.4 Å². The SMILES string of the molecule is N#CC1(c2ccccc2)CCN(c2nc(C3CC3)ns2)CC1. The minimum absolute atomic E-state index is 0.345. The Balaban J connectivity index is 1.50. The van der Waals surface area contributed by atoms with E-state index in [2.05, 4.69) is 27.5 Å². The third-order valence-electron chi connectivity index (χ3n) is 4.80. The molecule has 2 aliphatic rings. The lowest BCUT2D eigenvalue weighted by Crippen LogP contribution is -2.42. The van der Waals surface area contributed by atoms with E-state index in [4.69, 9.17) is 4.98 Å². The van der Waals surface area contributed by atoms with Crippen LogP contribution >= 0.6 is 11.5 Å². The van der Waals surface area contributed by atoms with Gasteiger partial charge in [0.05, 0.1) is 11.5 Å². The highest BCUT2D eigenvalue weighted by molar-refractivity contribution is 7.09. The molecule has 2 aromatic rings. The van der Waals surface area contributed by atoms with Crippen LogP contribution in [0.4, 0.5) is 5.13 Å². The Hall–Kier alpha value is -1.93. The quantitative estimate of drug-likeness (QED) is 0.871. The molecular formula is C17H18N4S. The molecule has 5 heteroatoms. The Morgan fingerprint density at radius 1 is 1.18 bits per heavy atom. The Morgan fingerprint density at radius 2 is 1.91 bits per heavy atom. The van der Waals surface area contributed by atoms with Crippen molar-refractivity contribution < 1.29 is 0 Å². The van der Waals surface area contributed by atoms with Crippen molar-refractivity contribution in [2.75, 3.05) is 18.0 Å². The lowest BCUT2D eigenvalue weighted by atomic mass is 9.74. The summed E-state index contributed by atoms with van der Waals surface area (Å²) in [5.41, 5.74) is 0.801. The fraction of sp³-hybridized carbons (Fsp3) is 0.471. The van der Waals surface area contributed by atoms with E-state index in [0.717, 1.165) is 42.5 Å². The van der Waals surface area contributed by atoms with Crippen molar-refractivity contribution in [2.45, 2.75) is 37.0 Å². The third kappa shape index (κ3) is 2.38. The summed E-state index contributed by atoms with van der Waals surface area (Å²) in [6.07, 6.45) is 4.18. The number of hydrogen-bond acceptors (Lipinski definition) is 5. The van der Waals surface area contributed by atoms with Crippen molar-refractivity contribution in [2.24, 2.45) is 0 Å². The molecule has 0 unspecified atom stereocenters. The predicted octanol–water partition coefficient (Wildman–Crippen LogP) is 3.48. The lowest BCUT2D eigenvalue weighted by molar-refractivity contribution is 0.415. The Labute approximate surface area is 134 Å². The highest BCUT2D eigenvalue weighted by Gasteiger charge is 2.37. The average Bonchev–Trinajstić information content (AvgIpc) is 3.33. The van der Waals surface area contributed by atoms with E-state index in [0.29, 0.717) is 5.92 Å². The number of benzene rings is 1. The molecule has 0 spiro atoms. The second-order valence-corrected chi connectivity index (χ2v) is 6.99. The first kappa shape index (κ1) is 13.7. The molecule has 0 amide bonds. The van der Waals surface area contributed by atoms with E-state index >= 15 is 0 Å². The summed E-state index contributed by atoms with van der Waals surface area (Å²) in [6.45, 7) is 1.75. The smallest absolute Gasteiger partial charge is 0.205 e. The first-order valence-corrected chi connectivity index (χ1v) is 8.63. The maximum atomic E-state index is 9.74. The molecule has 0 atom stereocenters. The van der Waals surface area contributed by atoms with E-state index in [1.807, 2.05) is 18.2 Å². The van der Waals surface area contributed by atoms with Gasteiger partial charge < -0.3 is 4.90 Å². The lowest BCUT2D eigenvalue weighted by Gasteiger charge is -2.37. The number of hydrogen-bond donors (Lipinski definition) is 0. The molecule has 112 valence electrons. The summed E-state index contributed by atoms with van der Waals surface area (Å²) < 4.78 is 4.49. The molecule has 1 saturated heterocycles. The van der Waals surface area contributed by atoms with E-state index in [1.54, 1.807) is 0 Å². The van der Waals surface area contributed by atoms with Gasteiger partial charge in [0.15, 0.2) is 0 Å². The van der Waals surface area contributed by atoms with E-state index in [1.165, 1.54) is 24.4 Å². The summed E-state index contributed by atoms with van der Waals surface area (Å²) in [5.74, 6) is 1.64. The fourth-order valence-corrected chi connectivity index (χ4v) is 3.96. The molecule has 2 heterocycles. The summed E-state index contributed by atoms with van der Waals surface area (Å²) in [4.78, 5) is 6.99. The van der Waals surface area contributed by atoms with Gasteiger partial charge in [-0.25, -0.2) is 4.98 Å². The van der Waals surface area contributed by atoms with Gasteiger partial charge in [0.1, 0.15) is 5.82 Å². The molecule has 1 saturated carbocycles. The molecule has 4 nitrogen and oxygen atoms in total. The summed E-state index contributed by atoms with van der Waals surface area (Å²) in [6, 6.07) is 12.8. The highest BCUT2D eigenvalue weighted by Crippen LogP contribution is 2.41. The highest BCUT2D eigenvalue weighted by atomic mass is 32.1. The first-order chi connectivity index (χ1) is 10.8. The molecule has 0 N–H and O–H groups in total. The van der Waals surface area contributed by atoms with Gasteiger partial charge in [0.2, 0.25) is 5.13 Å². The zero-order valence-corrected chi connectivity index (χ0v) is 13.2. The van der Waals surface area contributed by atoms with Crippen molar-refractivity contribution >= 4 is 16.7 Å². The normalized spacial score (nSPS) is 20.6. The second-order valence-electron chi connectivity index (χ2n) is 6.26. The molecule has 0 bridgehead atoms. The van der Waals surface area contributed by atoms with Crippen molar-refractivity contribution in [3.8, 4) is 6.07 Å². The average molecular weight is 310 g/mol. The molecule has 22 heavy (non-hydrogen) atoms. The molecule has 1 aliphatic heterocycles. The van der Waals surface area contributed by atoms with Gasteiger partial charge in [0, 0.05) is 30.5 Å². The standard InChI is InChI=1S/C17H18N4S/c18-12-17(14-4-2-1-3-5-14)8-10-21(11-9-17)16-19-15(20-22-16)13-6-7-13/h1-5,13H,6-11H2. The van der Waals surface area contributed by atoms with Crippen molar-refractivity contribution in [1.29, 1.82) is 5.26 Å². The van der Waals surface area contributed by atoms with Crippen LogP contribution in [0.25, 0.3) is 0 Å². The molecule has 1 aliphatic carbocycles. The first-order valence-electron chi connectivity index (χ1n) is 7.86. The van der Waals surface area contributed by atoms with E-state index < -0.39 is 0 Å². The number of aromatic nitrogens is 2. The van der Waals surface area contributed by atoms with Gasteiger partial charge in [-0.3, -0.25) is 0 Å². The van der Waals surface area contributed by atoms with Gasteiger partial charge in [-0.15, -0.1) is 0 Å². The number of nitriles is 1. The summed E-state index contributed by atoms with van der Waals surface area (Å²) in [7, 11) is 0. The van der Waals surface area contributed by atoms with Crippen LogP contribution < -0.4 is 4.90 Å². The number of rotatable bonds is 3. The molecule has 1 aromatic heterocycles. The minimum Gasteiger partial charge on any atom is -0.347 e. The monoisotopic (exact) mass is 310 g/mol. The van der Waals surface area contributed by atoms with Gasteiger partial charge in [-0.05, 0) is 31.2 Å². The van der Waals surface area contributed by atoms with Crippen LogP contribution in [0, 0.1) is 11.3 Å². The predicted molar refractivity (Wildman–Crippen MR) is 87.1 cm³/mol. The maximum Gasteiger partial charge on any atom is 0.205 e. The zero-order valence-electron chi connectivity index (χ0n) is 12.4. The van der Waals surface area contributed by atoms with Crippen LogP contribution in [0.5, 0.6) is 0 Å². The Morgan fingerprint density at radius 3 is 2.55 bits per heavy atom.